The molecule has 0 aromatic rings. The fourth-order valence-corrected chi connectivity index (χ4v) is 0.983. The van der Waals surface area contributed by atoms with E-state index in [9.17, 15) is 14.4 Å². The highest BCUT2D eigenvalue weighted by atomic mass is 16.4. The van der Waals surface area contributed by atoms with E-state index in [-0.39, 0.29) is 19.4 Å². The second kappa shape index (κ2) is 7.98. The normalized spacial score (nSPS) is 11.0. The van der Waals surface area contributed by atoms with Crippen LogP contribution >= 0.6 is 0 Å². The molecule has 4 N–H and O–H groups in total. The quantitative estimate of drug-likeness (QED) is 0.359. The third kappa shape index (κ3) is 7.67. The smallest absolute Gasteiger partial charge is 0.326 e. The van der Waals surface area contributed by atoms with Crippen LogP contribution in [0.5, 0.6) is 0 Å². The van der Waals surface area contributed by atoms with E-state index in [1.54, 1.807) is 0 Å². The third-order valence-corrected chi connectivity index (χ3v) is 1.81. The summed E-state index contributed by atoms with van der Waals surface area (Å²) in [5.41, 5.74) is 0. The van der Waals surface area contributed by atoms with Gasteiger partial charge in [-0.05, 0) is 6.42 Å². The van der Waals surface area contributed by atoms with Gasteiger partial charge in [-0.1, -0.05) is 0 Å². The van der Waals surface area contributed by atoms with Crippen LogP contribution in [0.2, 0.25) is 0 Å². The minimum atomic E-state index is -1.28. The second-order valence-electron chi connectivity index (χ2n) is 3.18. The SMILES string of the molecule is C#CCCNC(=O)N[C@@H](CCC(=O)O)C(=O)O. The summed E-state index contributed by atoms with van der Waals surface area (Å²) >= 11 is 0. The Kier molecular flexibility index (Phi) is 6.94. The van der Waals surface area contributed by atoms with Gasteiger partial charge in [-0.25, -0.2) is 9.59 Å². The largest absolute Gasteiger partial charge is 0.481 e. The first-order valence-electron chi connectivity index (χ1n) is 4.89. The molecule has 0 aliphatic rings. The Balaban J connectivity index is 4.07. The molecule has 0 radical (unpaired) electrons. The second-order valence-corrected chi connectivity index (χ2v) is 3.18. The van der Waals surface area contributed by atoms with Crippen LogP contribution < -0.4 is 10.6 Å². The Hall–Kier alpha value is -2.23. The number of hydrogen-bond acceptors (Lipinski definition) is 3. The van der Waals surface area contributed by atoms with Crippen molar-refractivity contribution in [1.29, 1.82) is 0 Å². The number of carboxylic acid groups (broad SMARTS) is 2. The first kappa shape index (κ1) is 14.8. The first-order valence-corrected chi connectivity index (χ1v) is 4.89. The zero-order valence-corrected chi connectivity index (χ0v) is 9.10. The lowest BCUT2D eigenvalue weighted by Crippen LogP contribution is -2.46. The number of carbonyl (C=O) groups excluding carboxylic acids is 1. The first-order chi connectivity index (χ1) is 7.97. The molecule has 17 heavy (non-hydrogen) atoms. The van der Waals surface area contributed by atoms with Gasteiger partial charge in [0.1, 0.15) is 6.04 Å². The van der Waals surface area contributed by atoms with E-state index in [1.807, 2.05) is 0 Å². The van der Waals surface area contributed by atoms with Gasteiger partial charge in [-0.15, -0.1) is 12.3 Å². The van der Waals surface area contributed by atoms with Gasteiger partial charge in [0.25, 0.3) is 0 Å². The van der Waals surface area contributed by atoms with Crippen LogP contribution in [0.1, 0.15) is 19.3 Å². The molecular formula is C10H14N2O5. The zero-order chi connectivity index (χ0) is 13.3. The Morgan fingerprint density at radius 1 is 1.29 bits per heavy atom. The summed E-state index contributed by atoms with van der Waals surface area (Å²) < 4.78 is 0. The summed E-state index contributed by atoms with van der Waals surface area (Å²) in [6, 6.07) is -1.91. The van der Waals surface area contributed by atoms with Gasteiger partial charge in [0, 0.05) is 19.4 Å². The molecule has 0 aliphatic carbocycles. The van der Waals surface area contributed by atoms with Crippen LogP contribution in [0.25, 0.3) is 0 Å². The van der Waals surface area contributed by atoms with Gasteiger partial charge in [-0.3, -0.25) is 4.79 Å². The molecule has 0 saturated heterocycles. The van der Waals surface area contributed by atoms with Crippen molar-refractivity contribution in [2.45, 2.75) is 25.3 Å². The van der Waals surface area contributed by atoms with Crippen LogP contribution in [0.3, 0.4) is 0 Å². The average molecular weight is 242 g/mol. The van der Waals surface area contributed by atoms with Crippen LogP contribution in [0.4, 0.5) is 4.79 Å². The number of nitrogens with one attached hydrogen (secondary N) is 2. The summed E-state index contributed by atoms with van der Waals surface area (Å²) in [4.78, 5) is 32.2. The standard InChI is InChI=1S/C10H14N2O5/c1-2-3-6-11-10(17)12-7(9(15)16)4-5-8(13)14/h1,7H,3-6H2,(H,13,14)(H,15,16)(H2,11,12,17)/t7-/m0/s1. The van der Waals surface area contributed by atoms with Crippen LogP contribution in [-0.2, 0) is 9.59 Å². The summed E-state index contributed by atoms with van der Waals surface area (Å²) in [5, 5.41) is 21.6. The fourth-order valence-electron chi connectivity index (χ4n) is 0.983. The lowest BCUT2D eigenvalue weighted by atomic mass is 10.1. The monoisotopic (exact) mass is 242 g/mol. The van der Waals surface area contributed by atoms with Crippen LogP contribution in [0, 0.1) is 12.3 Å². The molecule has 0 unspecified atom stereocenters. The van der Waals surface area contributed by atoms with Crippen molar-refractivity contribution in [1.82, 2.24) is 10.6 Å². The maximum absolute atomic E-state index is 11.2. The highest BCUT2D eigenvalue weighted by Gasteiger charge is 2.20. The molecule has 0 rings (SSSR count). The molecule has 0 aromatic heterocycles. The van der Waals surface area contributed by atoms with Gasteiger partial charge in [-0.2, -0.15) is 0 Å². The van der Waals surface area contributed by atoms with E-state index in [0.29, 0.717) is 6.42 Å². The predicted molar refractivity (Wildman–Crippen MR) is 58.3 cm³/mol. The molecule has 7 nitrogen and oxygen atoms in total. The van der Waals surface area contributed by atoms with Gasteiger partial charge in [0.05, 0.1) is 0 Å². The number of aliphatic carboxylic acids is 2. The molecule has 0 saturated carbocycles. The molecule has 0 spiro atoms. The van der Waals surface area contributed by atoms with Crippen molar-refractivity contribution in [3.63, 3.8) is 0 Å². The summed E-state index contributed by atoms with van der Waals surface area (Å²) in [6.07, 6.45) is 4.79. The Bertz CT molecular complexity index is 334. The predicted octanol–water partition coefficient (Wildman–Crippen LogP) is -0.373. The van der Waals surface area contributed by atoms with E-state index in [1.165, 1.54) is 0 Å². The average Bonchev–Trinajstić information content (AvgIpc) is 2.23. The molecule has 94 valence electrons. The molecule has 0 fully saturated rings. The minimum absolute atomic E-state index is 0.173. The molecule has 1 atom stereocenters. The van der Waals surface area contributed by atoms with Gasteiger partial charge in [0.15, 0.2) is 0 Å². The Labute approximate surface area is 98.2 Å². The fraction of sp³-hybridized carbons (Fsp3) is 0.500. The topological polar surface area (TPSA) is 116 Å². The highest BCUT2D eigenvalue weighted by Crippen LogP contribution is 1.97. The number of rotatable bonds is 7. The van der Waals surface area contributed by atoms with Crippen LogP contribution in [0.15, 0.2) is 0 Å². The summed E-state index contributed by atoms with van der Waals surface area (Å²) in [6.45, 7) is 0.230. The summed E-state index contributed by atoms with van der Waals surface area (Å²) in [5.74, 6) is -0.0962. The van der Waals surface area contributed by atoms with Gasteiger partial charge >= 0.3 is 18.0 Å². The lowest BCUT2D eigenvalue weighted by Gasteiger charge is -2.13. The van der Waals surface area contributed by atoms with Gasteiger partial charge in [0.2, 0.25) is 0 Å². The van der Waals surface area contributed by atoms with E-state index < -0.39 is 24.0 Å². The number of carboxylic acids is 2. The molecule has 7 heteroatoms. The van der Waals surface area contributed by atoms with E-state index >= 15 is 0 Å². The molecule has 0 bridgehead atoms. The Morgan fingerprint density at radius 3 is 2.41 bits per heavy atom. The number of amides is 2. The molecule has 0 aromatic carbocycles. The maximum Gasteiger partial charge on any atom is 0.326 e. The molecule has 2 amide bonds. The van der Waals surface area contributed by atoms with Crippen molar-refractivity contribution in [2.24, 2.45) is 0 Å². The van der Waals surface area contributed by atoms with E-state index in [2.05, 4.69) is 16.6 Å². The third-order valence-electron chi connectivity index (χ3n) is 1.81. The minimum Gasteiger partial charge on any atom is -0.481 e. The van der Waals surface area contributed by atoms with E-state index in [4.69, 9.17) is 16.6 Å². The van der Waals surface area contributed by atoms with Gasteiger partial charge < -0.3 is 20.8 Å². The van der Waals surface area contributed by atoms with Crippen molar-refractivity contribution in [3.05, 3.63) is 0 Å². The van der Waals surface area contributed by atoms with Crippen molar-refractivity contribution in [2.75, 3.05) is 6.54 Å². The van der Waals surface area contributed by atoms with Crippen molar-refractivity contribution >= 4 is 18.0 Å². The lowest BCUT2D eigenvalue weighted by molar-refractivity contribution is -0.140. The maximum atomic E-state index is 11.2. The summed E-state index contributed by atoms with van der Waals surface area (Å²) in [7, 11) is 0. The Morgan fingerprint density at radius 2 is 1.94 bits per heavy atom. The molecular weight excluding hydrogens is 228 g/mol. The van der Waals surface area contributed by atoms with Crippen molar-refractivity contribution < 1.29 is 24.6 Å². The number of terminal acetylenes is 1. The zero-order valence-electron chi connectivity index (χ0n) is 9.10. The van der Waals surface area contributed by atoms with E-state index in [0.717, 1.165) is 0 Å². The molecule has 0 aliphatic heterocycles. The number of hydrogen-bond donors (Lipinski definition) is 4. The number of urea groups is 1. The van der Waals surface area contributed by atoms with Crippen molar-refractivity contribution in [3.8, 4) is 12.3 Å². The number of carbonyl (C=O) groups is 3. The highest BCUT2D eigenvalue weighted by molar-refractivity contribution is 5.82. The van der Waals surface area contributed by atoms with Crippen LogP contribution in [-0.4, -0.2) is 40.8 Å². The molecule has 0 heterocycles.